The topological polar surface area (TPSA) is 71.2 Å². The molecule has 2 unspecified atom stereocenters. The molecular formula is C16H22N4O2S. The van der Waals surface area contributed by atoms with E-state index in [-0.39, 0.29) is 11.9 Å². The number of carbonyl (C=O) groups excluding carboxylic acids is 1. The van der Waals surface area contributed by atoms with Gasteiger partial charge < -0.3 is 10.0 Å². The molecule has 2 heterocycles. The molecule has 0 fully saturated rings. The van der Waals surface area contributed by atoms with Crippen LogP contribution in [0.1, 0.15) is 53.1 Å². The van der Waals surface area contributed by atoms with Gasteiger partial charge in [-0.05, 0) is 25.7 Å². The highest BCUT2D eigenvalue weighted by Gasteiger charge is 2.33. The maximum absolute atomic E-state index is 12.7. The number of aliphatic hydroxyl groups is 1. The fourth-order valence-electron chi connectivity index (χ4n) is 3.04. The van der Waals surface area contributed by atoms with Gasteiger partial charge in [0.25, 0.3) is 5.91 Å². The van der Waals surface area contributed by atoms with E-state index in [0.717, 1.165) is 36.4 Å². The number of rotatable bonds is 4. The van der Waals surface area contributed by atoms with Gasteiger partial charge in [-0.2, -0.15) is 5.10 Å². The second-order valence-corrected chi connectivity index (χ2v) is 7.09. The Morgan fingerprint density at radius 2 is 2.39 bits per heavy atom. The van der Waals surface area contributed by atoms with E-state index in [1.807, 2.05) is 0 Å². The standard InChI is InChI=1S/C16H22N4O2S/c1-4-13-18-11-6-5-7-12(15(11)23-13)20(3)16(22)14(21)10-8-17-19(2)9-10/h8-9,12,14,21H,4-7H2,1-3H3. The third-order valence-corrected chi connectivity index (χ3v) is 5.70. The molecule has 6 nitrogen and oxygen atoms in total. The van der Waals surface area contributed by atoms with Crippen LogP contribution in [-0.2, 0) is 24.7 Å². The van der Waals surface area contributed by atoms with E-state index in [1.165, 1.54) is 11.1 Å². The number of aryl methyl sites for hydroxylation is 3. The van der Waals surface area contributed by atoms with Gasteiger partial charge in [-0.15, -0.1) is 11.3 Å². The smallest absolute Gasteiger partial charge is 0.256 e. The minimum absolute atomic E-state index is 0.00960. The van der Waals surface area contributed by atoms with Crippen molar-refractivity contribution in [3.05, 3.63) is 33.5 Å². The summed E-state index contributed by atoms with van der Waals surface area (Å²) in [6.07, 6.45) is 5.87. The number of aromatic nitrogens is 3. The van der Waals surface area contributed by atoms with Crippen molar-refractivity contribution in [2.24, 2.45) is 7.05 Å². The SMILES string of the molecule is CCc1nc2c(s1)C(N(C)C(=O)C(O)c1cnn(C)c1)CCC2. The molecular weight excluding hydrogens is 312 g/mol. The van der Waals surface area contributed by atoms with E-state index in [0.29, 0.717) is 5.56 Å². The van der Waals surface area contributed by atoms with Crippen molar-refractivity contribution < 1.29 is 9.90 Å². The normalized spacial score (nSPS) is 18.5. The van der Waals surface area contributed by atoms with Crippen LogP contribution in [0.15, 0.2) is 12.4 Å². The van der Waals surface area contributed by atoms with Gasteiger partial charge in [-0.25, -0.2) is 4.98 Å². The molecule has 0 radical (unpaired) electrons. The summed E-state index contributed by atoms with van der Waals surface area (Å²) < 4.78 is 1.58. The fraction of sp³-hybridized carbons (Fsp3) is 0.562. The van der Waals surface area contributed by atoms with Crippen LogP contribution >= 0.6 is 11.3 Å². The van der Waals surface area contributed by atoms with Crippen LogP contribution in [0.4, 0.5) is 0 Å². The predicted octanol–water partition coefficient (Wildman–Crippen LogP) is 2.01. The third-order valence-electron chi connectivity index (χ3n) is 4.36. The fourth-order valence-corrected chi connectivity index (χ4v) is 4.27. The van der Waals surface area contributed by atoms with Crippen molar-refractivity contribution in [2.45, 2.75) is 44.8 Å². The summed E-state index contributed by atoms with van der Waals surface area (Å²) in [6.45, 7) is 2.10. The van der Waals surface area contributed by atoms with Gasteiger partial charge in [0.1, 0.15) is 0 Å². The second-order valence-electron chi connectivity index (χ2n) is 5.98. The van der Waals surface area contributed by atoms with Gasteiger partial charge in [0.05, 0.1) is 27.8 Å². The quantitative estimate of drug-likeness (QED) is 0.928. The summed E-state index contributed by atoms with van der Waals surface area (Å²) in [4.78, 5) is 20.2. The van der Waals surface area contributed by atoms with Gasteiger partial charge >= 0.3 is 0 Å². The molecule has 0 saturated carbocycles. The first-order valence-corrected chi connectivity index (χ1v) is 8.74. The van der Waals surface area contributed by atoms with Crippen LogP contribution in [0.5, 0.6) is 0 Å². The van der Waals surface area contributed by atoms with Crippen molar-refractivity contribution in [2.75, 3.05) is 7.05 Å². The summed E-state index contributed by atoms with van der Waals surface area (Å²) in [5, 5.41) is 15.5. The Morgan fingerprint density at radius 3 is 3.04 bits per heavy atom. The minimum atomic E-state index is -1.17. The minimum Gasteiger partial charge on any atom is -0.378 e. The summed E-state index contributed by atoms with van der Waals surface area (Å²) in [5.74, 6) is -0.290. The lowest BCUT2D eigenvalue weighted by atomic mass is 9.96. The Morgan fingerprint density at radius 1 is 1.61 bits per heavy atom. The van der Waals surface area contributed by atoms with Crippen LogP contribution in [-0.4, -0.2) is 37.7 Å². The highest BCUT2D eigenvalue weighted by Crippen LogP contribution is 2.38. The molecule has 0 aromatic carbocycles. The molecule has 0 spiro atoms. The molecule has 2 aromatic rings. The summed E-state index contributed by atoms with van der Waals surface area (Å²) in [6, 6.07) is 0.00960. The van der Waals surface area contributed by atoms with E-state index in [1.54, 1.807) is 41.2 Å². The van der Waals surface area contributed by atoms with Crippen molar-refractivity contribution in [1.82, 2.24) is 19.7 Å². The monoisotopic (exact) mass is 334 g/mol. The predicted molar refractivity (Wildman–Crippen MR) is 88.1 cm³/mol. The van der Waals surface area contributed by atoms with Crippen LogP contribution in [0.2, 0.25) is 0 Å². The van der Waals surface area contributed by atoms with E-state index >= 15 is 0 Å². The third kappa shape index (κ3) is 3.03. The molecule has 7 heteroatoms. The largest absolute Gasteiger partial charge is 0.378 e. The first-order chi connectivity index (χ1) is 11.0. The number of likely N-dealkylation sites (N-methyl/N-ethyl adjacent to an activating group) is 1. The van der Waals surface area contributed by atoms with E-state index in [2.05, 4.69) is 17.0 Å². The summed E-state index contributed by atoms with van der Waals surface area (Å²) >= 11 is 1.70. The molecule has 1 N–H and O–H groups in total. The molecule has 2 aromatic heterocycles. The zero-order chi connectivity index (χ0) is 16.6. The average molecular weight is 334 g/mol. The number of carbonyl (C=O) groups is 1. The highest BCUT2D eigenvalue weighted by molar-refractivity contribution is 7.11. The molecule has 0 aliphatic heterocycles. The zero-order valence-electron chi connectivity index (χ0n) is 13.7. The van der Waals surface area contributed by atoms with Crippen molar-refractivity contribution in [1.29, 1.82) is 0 Å². The average Bonchev–Trinajstić information content (AvgIpc) is 3.18. The molecule has 0 saturated heterocycles. The number of amides is 1. The second kappa shape index (κ2) is 6.41. The summed E-state index contributed by atoms with van der Waals surface area (Å²) in [7, 11) is 3.54. The molecule has 124 valence electrons. The Kier molecular flexibility index (Phi) is 4.50. The number of nitrogens with zero attached hydrogens (tertiary/aromatic N) is 4. The summed E-state index contributed by atoms with van der Waals surface area (Å²) in [5.41, 5.74) is 1.65. The van der Waals surface area contributed by atoms with Gasteiger partial charge in [-0.3, -0.25) is 9.48 Å². The Labute approximate surface area is 139 Å². The van der Waals surface area contributed by atoms with E-state index < -0.39 is 6.10 Å². The molecule has 23 heavy (non-hydrogen) atoms. The Bertz CT molecular complexity index is 709. The molecule has 1 amide bonds. The van der Waals surface area contributed by atoms with E-state index in [4.69, 9.17) is 0 Å². The molecule has 3 rings (SSSR count). The van der Waals surface area contributed by atoms with Gasteiger partial charge in [0.2, 0.25) is 0 Å². The highest BCUT2D eigenvalue weighted by atomic mass is 32.1. The lowest BCUT2D eigenvalue weighted by molar-refractivity contribution is -0.141. The van der Waals surface area contributed by atoms with Crippen molar-refractivity contribution >= 4 is 17.2 Å². The number of fused-ring (bicyclic) bond motifs is 1. The van der Waals surface area contributed by atoms with Gasteiger partial charge in [-0.1, -0.05) is 6.92 Å². The molecule has 1 aliphatic rings. The first-order valence-electron chi connectivity index (χ1n) is 7.93. The first kappa shape index (κ1) is 16.1. The Hall–Kier alpha value is -1.73. The van der Waals surface area contributed by atoms with Crippen molar-refractivity contribution in [3.63, 3.8) is 0 Å². The Balaban J connectivity index is 1.82. The maximum atomic E-state index is 12.7. The lowest BCUT2D eigenvalue weighted by Crippen LogP contribution is -2.36. The molecule has 1 aliphatic carbocycles. The molecule has 2 atom stereocenters. The van der Waals surface area contributed by atoms with E-state index in [9.17, 15) is 9.90 Å². The number of hydrogen-bond donors (Lipinski definition) is 1. The number of hydrogen-bond acceptors (Lipinski definition) is 5. The number of thiazole rings is 1. The van der Waals surface area contributed by atoms with Crippen LogP contribution in [0, 0.1) is 0 Å². The van der Waals surface area contributed by atoms with Crippen LogP contribution < -0.4 is 0 Å². The molecule has 0 bridgehead atoms. The van der Waals surface area contributed by atoms with Gasteiger partial charge in [0, 0.05) is 25.9 Å². The van der Waals surface area contributed by atoms with Crippen LogP contribution in [0.3, 0.4) is 0 Å². The van der Waals surface area contributed by atoms with Crippen molar-refractivity contribution in [3.8, 4) is 0 Å². The van der Waals surface area contributed by atoms with Gasteiger partial charge in [0.15, 0.2) is 6.10 Å². The lowest BCUT2D eigenvalue weighted by Gasteiger charge is -2.31. The zero-order valence-corrected chi connectivity index (χ0v) is 14.5. The van der Waals surface area contributed by atoms with Crippen LogP contribution in [0.25, 0.3) is 0 Å². The maximum Gasteiger partial charge on any atom is 0.256 e. The number of aliphatic hydroxyl groups excluding tert-OH is 1.